The van der Waals surface area contributed by atoms with Crippen molar-refractivity contribution >= 4 is 5.69 Å². The van der Waals surface area contributed by atoms with Crippen LogP contribution in [0.25, 0.3) is 0 Å². The predicted molar refractivity (Wildman–Crippen MR) is 85.1 cm³/mol. The minimum Gasteiger partial charge on any atom is -0.384 e. The van der Waals surface area contributed by atoms with E-state index in [1.165, 1.54) is 35.3 Å². The number of rotatable bonds is 4. The van der Waals surface area contributed by atoms with Gasteiger partial charge in [0.15, 0.2) is 0 Å². The van der Waals surface area contributed by atoms with Crippen LogP contribution in [0.3, 0.4) is 0 Å². The van der Waals surface area contributed by atoms with Crippen LogP contribution >= 0.6 is 0 Å². The zero-order valence-corrected chi connectivity index (χ0v) is 12.1. The minimum atomic E-state index is 1.01. The summed E-state index contributed by atoms with van der Waals surface area (Å²) >= 11 is 0. The van der Waals surface area contributed by atoms with Crippen molar-refractivity contribution in [2.75, 3.05) is 25.0 Å². The van der Waals surface area contributed by atoms with Crippen molar-refractivity contribution in [2.45, 2.75) is 19.9 Å². The highest BCUT2D eigenvalue weighted by Gasteiger charge is 2.14. The van der Waals surface area contributed by atoms with E-state index in [0.717, 1.165) is 19.6 Å². The molecular formula is C18H22N2. The molecule has 2 heteroatoms. The summed E-state index contributed by atoms with van der Waals surface area (Å²) in [5, 5.41) is 3.52. The lowest BCUT2D eigenvalue weighted by atomic mass is 10.00. The van der Waals surface area contributed by atoms with Gasteiger partial charge in [0, 0.05) is 31.9 Å². The van der Waals surface area contributed by atoms with Crippen LogP contribution in [0.5, 0.6) is 0 Å². The van der Waals surface area contributed by atoms with Crippen molar-refractivity contribution in [3.8, 4) is 0 Å². The van der Waals surface area contributed by atoms with Gasteiger partial charge in [0.1, 0.15) is 0 Å². The Hall–Kier alpha value is -1.80. The third kappa shape index (κ3) is 3.20. The molecule has 1 heterocycles. The molecule has 2 aromatic rings. The summed E-state index contributed by atoms with van der Waals surface area (Å²) in [7, 11) is 0. The zero-order valence-electron chi connectivity index (χ0n) is 12.1. The molecule has 0 fully saturated rings. The third-order valence-corrected chi connectivity index (χ3v) is 3.98. The highest BCUT2D eigenvalue weighted by atomic mass is 15.1. The quantitative estimate of drug-likeness (QED) is 0.911. The van der Waals surface area contributed by atoms with Gasteiger partial charge in [-0.15, -0.1) is 0 Å². The first kappa shape index (κ1) is 13.2. The van der Waals surface area contributed by atoms with Gasteiger partial charge < -0.3 is 5.32 Å². The van der Waals surface area contributed by atoms with Gasteiger partial charge >= 0.3 is 0 Å². The molecule has 1 N–H and O–H groups in total. The summed E-state index contributed by atoms with van der Waals surface area (Å²) in [6.07, 6.45) is 1.18. The van der Waals surface area contributed by atoms with Gasteiger partial charge in [-0.3, -0.25) is 4.90 Å². The van der Waals surface area contributed by atoms with E-state index in [4.69, 9.17) is 0 Å². The van der Waals surface area contributed by atoms with Crippen LogP contribution in [-0.4, -0.2) is 24.5 Å². The summed E-state index contributed by atoms with van der Waals surface area (Å²) in [6.45, 7) is 6.50. The molecule has 0 amide bonds. The maximum absolute atomic E-state index is 3.52. The Morgan fingerprint density at radius 1 is 1.05 bits per heavy atom. The van der Waals surface area contributed by atoms with Crippen LogP contribution in [0.4, 0.5) is 5.69 Å². The number of nitrogens with one attached hydrogen (secondary N) is 1. The number of nitrogens with zero attached hydrogens (tertiary/aromatic N) is 1. The van der Waals surface area contributed by atoms with Crippen molar-refractivity contribution in [2.24, 2.45) is 0 Å². The standard InChI is InChI=1S/C18H22N2/c1-15-5-4-8-18(13-15)19-10-12-20-11-9-16-6-2-3-7-17(16)14-20/h2-8,13,19H,9-12,14H2,1H3. The predicted octanol–water partition coefficient (Wildman–Crippen LogP) is 3.47. The van der Waals surface area contributed by atoms with E-state index in [9.17, 15) is 0 Å². The van der Waals surface area contributed by atoms with E-state index in [1.54, 1.807) is 0 Å². The molecule has 0 atom stereocenters. The van der Waals surface area contributed by atoms with Crippen molar-refractivity contribution in [3.05, 3.63) is 65.2 Å². The Morgan fingerprint density at radius 3 is 2.75 bits per heavy atom. The molecule has 0 aliphatic carbocycles. The van der Waals surface area contributed by atoms with E-state index in [2.05, 4.69) is 65.7 Å². The van der Waals surface area contributed by atoms with Crippen molar-refractivity contribution < 1.29 is 0 Å². The van der Waals surface area contributed by atoms with Gasteiger partial charge in [-0.1, -0.05) is 36.4 Å². The van der Waals surface area contributed by atoms with Crippen molar-refractivity contribution in [1.82, 2.24) is 4.90 Å². The number of fused-ring (bicyclic) bond motifs is 1. The maximum atomic E-state index is 3.52. The topological polar surface area (TPSA) is 15.3 Å². The van der Waals surface area contributed by atoms with Crippen LogP contribution in [0.15, 0.2) is 48.5 Å². The smallest absolute Gasteiger partial charge is 0.0343 e. The molecule has 1 aliphatic heterocycles. The molecule has 0 saturated carbocycles. The van der Waals surface area contributed by atoms with Crippen molar-refractivity contribution in [3.63, 3.8) is 0 Å². The largest absolute Gasteiger partial charge is 0.384 e. The fourth-order valence-corrected chi connectivity index (χ4v) is 2.86. The monoisotopic (exact) mass is 266 g/mol. The number of anilines is 1. The van der Waals surface area contributed by atoms with Gasteiger partial charge in [0.05, 0.1) is 0 Å². The van der Waals surface area contributed by atoms with Gasteiger partial charge in [-0.05, 0) is 42.2 Å². The van der Waals surface area contributed by atoms with E-state index >= 15 is 0 Å². The van der Waals surface area contributed by atoms with Crippen LogP contribution in [0, 0.1) is 6.92 Å². The summed E-state index contributed by atoms with van der Waals surface area (Å²) in [5.41, 5.74) is 5.55. The van der Waals surface area contributed by atoms with Gasteiger partial charge in [0.2, 0.25) is 0 Å². The van der Waals surface area contributed by atoms with Crippen LogP contribution in [0.1, 0.15) is 16.7 Å². The lowest BCUT2D eigenvalue weighted by Crippen LogP contribution is -2.34. The molecule has 0 spiro atoms. The molecule has 0 unspecified atom stereocenters. The minimum absolute atomic E-state index is 1.01. The average Bonchev–Trinajstić information content (AvgIpc) is 2.47. The highest BCUT2D eigenvalue weighted by Crippen LogP contribution is 2.18. The van der Waals surface area contributed by atoms with Gasteiger partial charge in [0.25, 0.3) is 0 Å². The van der Waals surface area contributed by atoms with E-state index in [-0.39, 0.29) is 0 Å². The molecule has 104 valence electrons. The molecule has 0 radical (unpaired) electrons. The summed E-state index contributed by atoms with van der Waals surface area (Å²) in [5.74, 6) is 0. The van der Waals surface area contributed by atoms with Crippen LogP contribution in [-0.2, 0) is 13.0 Å². The number of aryl methyl sites for hydroxylation is 1. The Bertz CT molecular complexity index is 577. The van der Waals surface area contributed by atoms with Crippen LogP contribution in [0.2, 0.25) is 0 Å². The second-order valence-electron chi connectivity index (χ2n) is 5.59. The Labute approximate surface area is 121 Å². The van der Waals surface area contributed by atoms with E-state index < -0.39 is 0 Å². The fraction of sp³-hybridized carbons (Fsp3) is 0.333. The van der Waals surface area contributed by atoms with Gasteiger partial charge in [-0.25, -0.2) is 0 Å². The Morgan fingerprint density at radius 2 is 1.90 bits per heavy atom. The Kier molecular flexibility index (Phi) is 4.03. The van der Waals surface area contributed by atoms with Gasteiger partial charge in [-0.2, -0.15) is 0 Å². The number of benzene rings is 2. The number of hydrogen-bond donors (Lipinski definition) is 1. The SMILES string of the molecule is Cc1cccc(NCCN2CCc3ccccc3C2)c1. The lowest BCUT2D eigenvalue weighted by molar-refractivity contribution is 0.264. The third-order valence-electron chi connectivity index (χ3n) is 3.98. The number of hydrogen-bond acceptors (Lipinski definition) is 2. The molecule has 0 saturated heterocycles. The second-order valence-corrected chi connectivity index (χ2v) is 5.59. The first-order chi connectivity index (χ1) is 9.81. The molecule has 2 nitrogen and oxygen atoms in total. The van der Waals surface area contributed by atoms with Crippen LogP contribution < -0.4 is 5.32 Å². The van der Waals surface area contributed by atoms with Crippen molar-refractivity contribution in [1.29, 1.82) is 0 Å². The molecular weight excluding hydrogens is 244 g/mol. The molecule has 2 aromatic carbocycles. The van der Waals surface area contributed by atoms with E-state index in [0.29, 0.717) is 0 Å². The highest BCUT2D eigenvalue weighted by molar-refractivity contribution is 5.45. The zero-order chi connectivity index (χ0) is 13.8. The maximum Gasteiger partial charge on any atom is 0.0343 e. The first-order valence-electron chi connectivity index (χ1n) is 7.41. The fourth-order valence-electron chi connectivity index (χ4n) is 2.86. The molecule has 1 aliphatic rings. The molecule has 3 rings (SSSR count). The normalized spacial score (nSPS) is 14.8. The van der Waals surface area contributed by atoms with E-state index in [1.807, 2.05) is 0 Å². The first-order valence-corrected chi connectivity index (χ1v) is 7.41. The summed E-state index contributed by atoms with van der Waals surface area (Å²) < 4.78 is 0. The second kappa shape index (κ2) is 6.10. The molecule has 0 aromatic heterocycles. The summed E-state index contributed by atoms with van der Waals surface area (Å²) in [6, 6.07) is 17.4. The summed E-state index contributed by atoms with van der Waals surface area (Å²) in [4.78, 5) is 2.53. The lowest BCUT2D eigenvalue weighted by Gasteiger charge is -2.28. The average molecular weight is 266 g/mol. The Balaban J connectivity index is 1.51. The molecule has 20 heavy (non-hydrogen) atoms. The molecule has 0 bridgehead atoms.